The molecule has 0 bridgehead atoms. The van der Waals surface area contributed by atoms with Gasteiger partial charge in [0.15, 0.2) is 8.32 Å². The van der Waals surface area contributed by atoms with E-state index < -0.39 is 13.2 Å². The maximum absolute atomic E-state index is 10.8. The van der Waals surface area contributed by atoms with Crippen molar-refractivity contribution in [1.82, 2.24) is 9.78 Å². The summed E-state index contributed by atoms with van der Waals surface area (Å²) >= 11 is 0. The predicted octanol–water partition coefficient (Wildman–Crippen LogP) is 4.30. The number of hydrogen-bond donors (Lipinski definition) is 0. The van der Waals surface area contributed by atoms with Crippen LogP contribution in [0.1, 0.15) is 52.5 Å². The lowest BCUT2D eigenvalue weighted by Crippen LogP contribution is -2.45. The van der Waals surface area contributed by atoms with Crippen LogP contribution in [0.25, 0.3) is 0 Å². The molecule has 2 atom stereocenters. The first-order valence-corrected chi connectivity index (χ1v) is 10.9. The molecule has 0 N–H and O–H groups in total. The van der Waals surface area contributed by atoms with Crippen molar-refractivity contribution in [3.8, 4) is 0 Å². The fraction of sp³-hybridized carbons (Fsp3) is 0.800. The Hall–Kier alpha value is -1.21. The number of hydrogen-bond acceptors (Lipinski definition) is 4. The molecule has 0 saturated heterocycles. The first kappa shape index (κ1) is 17.1. The van der Waals surface area contributed by atoms with Crippen molar-refractivity contribution >= 4 is 14.0 Å². The quantitative estimate of drug-likeness (QED) is 0.470. The molecule has 7 heteroatoms. The second kappa shape index (κ2) is 6.12. The summed E-state index contributed by atoms with van der Waals surface area (Å²) in [5, 5.41) is 15.2. The number of aromatic nitrogens is 2. The summed E-state index contributed by atoms with van der Waals surface area (Å²) in [6.07, 6.45) is 7.17. The van der Waals surface area contributed by atoms with Crippen LogP contribution >= 0.6 is 0 Å². The first-order chi connectivity index (χ1) is 10.1. The lowest BCUT2D eigenvalue weighted by atomic mass is 9.93. The third-order valence-corrected chi connectivity index (χ3v) is 9.57. The molecule has 2 rings (SSSR count). The Morgan fingerprint density at radius 1 is 1.41 bits per heavy atom. The van der Waals surface area contributed by atoms with Crippen LogP contribution in [-0.4, -0.2) is 29.1 Å². The Balaban J connectivity index is 2.04. The topological polar surface area (TPSA) is 70.2 Å². The normalized spacial score (nSPS) is 23.5. The van der Waals surface area contributed by atoms with E-state index in [1.54, 1.807) is 10.9 Å². The standard InChI is InChI=1S/C15H27N3O3Si/c1-15(2,3)22(4,5)21-14-8-6-7-12(9-14)17-11-13(10-16-17)18(19)20/h10-12,14H,6-9H2,1-5H3/t12-,14?/m1/s1. The van der Waals surface area contributed by atoms with Gasteiger partial charge in [0, 0.05) is 6.10 Å². The minimum atomic E-state index is -1.77. The Kier molecular flexibility index (Phi) is 4.77. The highest BCUT2D eigenvalue weighted by atomic mass is 28.4. The molecular weight excluding hydrogens is 298 g/mol. The number of rotatable bonds is 4. The highest BCUT2D eigenvalue weighted by Crippen LogP contribution is 2.40. The van der Waals surface area contributed by atoms with Crippen LogP contribution in [0.4, 0.5) is 5.69 Å². The van der Waals surface area contributed by atoms with Gasteiger partial charge in [-0.15, -0.1) is 0 Å². The molecule has 0 aliphatic heterocycles. The van der Waals surface area contributed by atoms with E-state index in [-0.39, 0.29) is 22.9 Å². The molecule has 1 fully saturated rings. The van der Waals surface area contributed by atoms with Crippen molar-refractivity contribution in [2.75, 3.05) is 0 Å². The zero-order valence-electron chi connectivity index (χ0n) is 14.2. The summed E-state index contributed by atoms with van der Waals surface area (Å²) in [5.41, 5.74) is 0.0624. The van der Waals surface area contributed by atoms with Crippen LogP contribution < -0.4 is 0 Å². The van der Waals surface area contributed by atoms with Gasteiger partial charge in [0.05, 0.1) is 11.0 Å². The fourth-order valence-corrected chi connectivity index (χ4v) is 4.08. The summed E-state index contributed by atoms with van der Waals surface area (Å²) in [6.45, 7) is 11.3. The third kappa shape index (κ3) is 3.75. The molecule has 1 aliphatic rings. The predicted molar refractivity (Wildman–Crippen MR) is 88.5 cm³/mol. The van der Waals surface area contributed by atoms with Gasteiger partial charge in [-0.1, -0.05) is 20.8 Å². The van der Waals surface area contributed by atoms with E-state index in [0.29, 0.717) is 0 Å². The van der Waals surface area contributed by atoms with Gasteiger partial charge in [-0.3, -0.25) is 14.8 Å². The highest BCUT2D eigenvalue weighted by Gasteiger charge is 2.40. The largest absolute Gasteiger partial charge is 0.414 e. The van der Waals surface area contributed by atoms with E-state index in [9.17, 15) is 10.1 Å². The van der Waals surface area contributed by atoms with Crippen LogP contribution in [0, 0.1) is 10.1 Å². The Bertz CT molecular complexity index is 536. The second-order valence-corrected chi connectivity index (χ2v) is 12.5. The van der Waals surface area contributed by atoms with E-state index in [1.807, 2.05) is 0 Å². The maximum Gasteiger partial charge on any atom is 0.307 e. The van der Waals surface area contributed by atoms with Gasteiger partial charge < -0.3 is 4.43 Å². The molecule has 1 aliphatic carbocycles. The van der Waals surface area contributed by atoms with E-state index in [1.165, 1.54) is 6.20 Å². The Labute approximate surface area is 133 Å². The van der Waals surface area contributed by atoms with E-state index >= 15 is 0 Å². The molecule has 1 unspecified atom stereocenters. The van der Waals surface area contributed by atoms with Gasteiger partial charge in [0.25, 0.3) is 0 Å². The molecule has 124 valence electrons. The van der Waals surface area contributed by atoms with Gasteiger partial charge in [-0.25, -0.2) is 0 Å². The second-order valence-electron chi connectivity index (χ2n) is 7.76. The van der Waals surface area contributed by atoms with Gasteiger partial charge in [0.1, 0.15) is 12.4 Å². The highest BCUT2D eigenvalue weighted by molar-refractivity contribution is 6.74. The van der Waals surface area contributed by atoms with E-state index in [0.717, 1.165) is 25.7 Å². The molecule has 0 aromatic carbocycles. The van der Waals surface area contributed by atoms with E-state index in [4.69, 9.17) is 4.43 Å². The van der Waals surface area contributed by atoms with Crippen molar-refractivity contribution in [2.45, 2.75) is 76.7 Å². The van der Waals surface area contributed by atoms with Crippen LogP contribution in [0.3, 0.4) is 0 Å². The Morgan fingerprint density at radius 3 is 2.64 bits per heavy atom. The first-order valence-electron chi connectivity index (χ1n) is 7.96. The van der Waals surface area contributed by atoms with Gasteiger partial charge in [0.2, 0.25) is 0 Å². The molecule has 1 aromatic heterocycles. The average molecular weight is 325 g/mol. The van der Waals surface area contributed by atoms with E-state index in [2.05, 4.69) is 39.0 Å². The molecular formula is C15H27N3O3Si. The molecule has 0 radical (unpaired) electrons. The zero-order chi connectivity index (χ0) is 16.5. The van der Waals surface area contributed by atoms with Gasteiger partial charge >= 0.3 is 5.69 Å². The maximum atomic E-state index is 10.8. The van der Waals surface area contributed by atoms with Crippen LogP contribution in [0.5, 0.6) is 0 Å². The van der Waals surface area contributed by atoms with Crippen molar-refractivity contribution in [3.63, 3.8) is 0 Å². The summed E-state index contributed by atoms with van der Waals surface area (Å²) in [4.78, 5) is 10.4. The van der Waals surface area contributed by atoms with Crippen LogP contribution in [-0.2, 0) is 4.43 Å². The monoisotopic (exact) mass is 325 g/mol. The third-order valence-electron chi connectivity index (χ3n) is 5.04. The molecule has 6 nitrogen and oxygen atoms in total. The zero-order valence-corrected chi connectivity index (χ0v) is 15.2. The van der Waals surface area contributed by atoms with Gasteiger partial charge in [-0.05, 0) is 43.8 Å². The number of nitrogens with zero attached hydrogens (tertiary/aromatic N) is 3. The minimum Gasteiger partial charge on any atom is -0.414 e. The molecule has 1 aromatic rings. The average Bonchev–Trinajstić information content (AvgIpc) is 2.86. The van der Waals surface area contributed by atoms with Crippen LogP contribution in [0.2, 0.25) is 18.1 Å². The molecule has 1 saturated carbocycles. The Morgan fingerprint density at radius 2 is 2.09 bits per heavy atom. The molecule has 0 amide bonds. The summed E-state index contributed by atoms with van der Waals surface area (Å²) < 4.78 is 8.26. The summed E-state index contributed by atoms with van der Waals surface area (Å²) in [5.74, 6) is 0. The van der Waals surface area contributed by atoms with Gasteiger partial charge in [-0.2, -0.15) is 5.10 Å². The van der Waals surface area contributed by atoms with Crippen molar-refractivity contribution in [1.29, 1.82) is 0 Å². The SMILES string of the molecule is CC(C)(C)[Si](C)(C)OC1CCC[C@@H](n2cc([N+](=O)[O-])cn2)C1. The lowest BCUT2D eigenvalue weighted by molar-refractivity contribution is -0.385. The fourth-order valence-electron chi connectivity index (χ4n) is 2.68. The van der Waals surface area contributed by atoms with Crippen LogP contribution in [0.15, 0.2) is 12.4 Å². The summed E-state index contributed by atoms with van der Waals surface area (Å²) in [6, 6.07) is 0.206. The lowest BCUT2D eigenvalue weighted by Gasteiger charge is -2.41. The van der Waals surface area contributed by atoms with Crippen molar-refractivity contribution in [2.24, 2.45) is 0 Å². The van der Waals surface area contributed by atoms with Crippen molar-refractivity contribution in [3.05, 3.63) is 22.5 Å². The summed E-state index contributed by atoms with van der Waals surface area (Å²) in [7, 11) is -1.77. The number of nitro groups is 1. The molecule has 22 heavy (non-hydrogen) atoms. The molecule has 0 spiro atoms. The smallest absolute Gasteiger partial charge is 0.307 e. The minimum absolute atomic E-state index is 0.0624. The van der Waals surface area contributed by atoms with Crippen molar-refractivity contribution < 1.29 is 9.35 Å². The molecule has 1 heterocycles.